The van der Waals surface area contributed by atoms with Crippen molar-refractivity contribution in [3.05, 3.63) is 54.1 Å². The summed E-state index contributed by atoms with van der Waals surface area (Å²) < 4.78 is 2.35. The van der Waals surface area contributed by atoms with Crippen LogP contribution in [0.5, 0.6) is 0 Å². The standard InChI is InChI=1S/C18H20N2/c1-3-4-12-20-17-11-6-5-10-16(17)19-18(20)15-9-7-8-14(2)13-15/h5-11,13H,3-4,12H2,1-2H3. The number of benzene rings is 2. The average Bonchev–Trinajstić information content (AvgIpc) is 2.84. The van der Waals surface area contributed by atoms with Gasteiger partial charge in [-0.25, -0.2) is 4.98 Å². The van der Waals surface area contributed by atoms with E-state index in [0.717, 1.165) is 17.9 Å². The van der Waals surface area contributed by atoms with E-state index in [2.05, 4.69) is 66.9 Å². The number of fused-ring (bicyclic) bond motifs is 1. The number of hydrogen-bond acceptors (Lipinski definition) is 1. The Bertz CT molecular complexity index is 725. The number of hydrogen-bond donors (Lipinski definition) is 0. The number of imidazole rings is 1. The van der Waals surface area contributed by atoms with Gasteiger partial charge in [0.05, 0.1) is 11.0 Å². The van der Waals surface area contributed by atoms with Crippen molar-refractivity contribution in [3.8, 4) is 11.4 Å². The molecular weight excluding hydrogens is 244 g/mol. The van der Waals surface area contributed by atoms with Gasteiger partial charge >= 0.3 is 0 Å². The molecule has 3 aromatic rings. The van der Waals surface area contributed by atoms with Crippen molar-refractivity contribution >= 4 is 11.0 Å². The number of aryl methyl sites for hydroxylation is 2. The Balaban J connectivity index is 2.18. The first kappa shape index (κ1) is 12.9. The molecule has 0 atom stereocenters. The van der Waals surface area contributed by atoms with Crippen LogP contribution in [0.4, 0.5) is 0 Å². The fourth-order valence-electron chi connectivity index (χ4n) is 2.62. The first-order valence-corrected chi connectivity index (χ1v) is 7.32. The molecule has 0 fully saturated rings. The Labute approximate surface area is 120 Å². The van der Waals surface area contributed by atoms with Crippen LogP contribution >= 0.6 is 0 Å². The molecule has 0 bridgehead atoms. The number of para-hydroxylation sites is 2. The lowest BCUT2D eigenvalue weighted by Crippen LogP contribution is -2.00. The van der Waals surface area contributed by atoms with Gasteiger partial charge < -0.3 is 4.57 Å². The van der Waals surface area contributed by atoms with E-state index in [-0.39, 0.29) is 0 Å². The second-order valence-electron chi connectivity index (χ2n) is 5.30. The minimum atomic E-state index is 1.03. The SMILES string of the molecule is CCCCn1c(-c2cccc(C)c2)nc2ccccc21. The molecule has 0 N–H and O–H groups in total. The van der Waals surface area contributed by atoms with E-state index >= 15 is 0 Å². The topological polar surface area (TPSA) is 17.8 Å². The summed E-state index contributed by atoms with van der Waals surface area (Å²) >= 11 is 0. The first-order chi connectivity index (χ1) is 9.79. The predicted molar refractivity (Wildman–Crippen MR) is 84.8 cm³/mol. The quantitative estimate of drug-likeness (QED) is 0.661. The fraction of sp³-hybridized carbons (Fsp3) is 0.278. The summed E-state index contributed by atoms with van der Waals surface area (Å²) in [6.45, 7) is 5.38. The molecule has 2 heteroatoms. The zero-order chi connectivity index (χ0) is 13.9. The highest BCUT2D eigenvalue weighted by atomic mass is 15.1. The third-order valence-electron chi connectivity index (χ3n) is 3.67. The van der Waals surface area contributed by atoms with Crippen LogP contribution in [-0.4, -0.2) is 9.55 Å². The van der Waals surface area contributed by atoms with Gasteiger partial charge in [-0.1, -0.05) is 49.2 Å². The van der Waals surface area contributed by atoms with E-state index in [1.807, 2.05) is 0 Å². The van der Waals surface area contributed by atoms with Crippen molar-refractivity contribution in [2.24, 2.45) is 0 Å². The van der Waals surface area contributed by atoms with Crippen LogP contribution in [0, 0.1) is 6.92 Å². The van der Waals surface area contributed by atoms with Gasteiger partial charge in [0.2, 0.25) is 0 Å². The fourth-order valence-corrected chi connectivity index (χ4v) is 2.62. The maximum atomic E-state index is 4.84. The minimum Gasteiger partial charge on any atom is -0.324 e. The van der Waals surface area contributed by atoms with Crippen molar-refractivity contribution in [3.63, 3.8) is 0 Å². The normalized spacial score (nSPS) is 11.1. The molecule has 0 aliphatic rings. The summed E-state index contributed by atoms with van der Waals surface area (Å²) in [5.41, 5.74) is 4.80. The van der Waals surface area contributed by atoms with Crippen LogP contribution in [0.25, 0.3) is 22.4 Å². The highest BCUT2D eigenvalue weighted by molar-refractivity contribution is 5.80. The average molecular weight is 264 g/mol. The molecule has 0 spiro atoms. The Kier molecular flexibility index (Phi) is 3.55. The largest absolute Gasteiger partial charge is 0.324 e. The number of nitrogens with zero attached hydrogens (tertiary/aromatic N) is 2. The molecule has 2 nitrogen and oxygen atoms in total. The van der Waals surface area contributed by atoms with E-state index < -0.39 is 0 Å². The van der Waals surface area contributed by atoms with E-state index in [4.69, 9.17) is 4.98 Å². The molecule has 1 heterocycles. The maximum absolute atomic E-state index is 4.84. The van der Waals surface area contributed by atoms with Gasteiger partial charge in [-0.2, -0.15) is 0 Å². The summed E-state index contributed by atoms with van der Waals surface area (Å²) in [5.74, 6) is 1.09. The Morgan fingerprint density at radius 1 is 1.05 bits per heavy atom. The lowest BCUT2D eigenvalue weighted by molar-refractivity contribution is 0.651. The third kappa shape index (κ3) is 2.34. The number of unbranched alkanes of at least 4 members (excludes halogenated alkanes) is 1. The number of rotatable bonds is 4. The van der Waals surface area contributed by atoms with E-state index in [1.165, 1.54) is 29.5 Å². The summed E-state index contributed by atoms with van der Waals surface area (Å²) in [4.78, 5) is 4.84. The zero-order valence-electron chi connectivity index (χ0n) is 12.1. The summed E-state index contributed by atoms with van der Waals surface area (Å²) in [6, 6.07) is 17.0. The van der Waals surface area contributed by atoms with E-state index in [9.17, 15) is 0 Å². The number of aromatic nitrogens is 2. The molecule has 1 aromatic heterocycles. The lowest BCUT2D eigenvalue weighted by atomic mass is 10.1. The molecule has 2 aromatic carbocycles. The summed E-state index contributed by atoms with van der Waals surface area (Å²) in [6.07, 6.45) is 2.37. The molecule has 0 saturated carbocycles. The molecule has 0 aliphatic carbocycles. The third-order valence-corrected chi connectivity index (χ3v) is 3.67. The van der Waals surface area contributed by atoms with Crippen LogP contribution in [0.15, 0.2) is 48.5 Å². The van der Waals surface area contributed by atoms with Crippen molar-refractivity contribution in [1.29, 1.82) is 0 Å². The predicted octanol–water partition coefficient (Wildman–Crippen LogP) is 4.81. The van der Waals surface area contributed by atoms with Gasteiger partial charge in [-0.15, -0.1) is 0 Å². The van der Waals surface area contributed by atoms with E-state index in [0.29, 0.717) is 0 Å². The van der Waals surface area contributed by atoms with Crippen molar-refractivity contribution in [2.45, 2.75) is 33.2 Å². The van der Waals surface area contributed by atoms with E-state index in [1.54, 1.807) is 0 Å². The van der Waals surface area contributed by atoms with Gasteiger partial charge in [0, 0.05) is 12.1 Å². The van der Waals surface area contributed by atoms with Gasteiger partial charge in [0.15, 0.2) is 0 Å². The maximum Gasteiger partial charge on any atom is 0.141 e. The molecular formula is C18H20N2. The Hall–Kier alpha value is -2.09. The van der Waals surface area contributed by atoms with Crippen LogP contribution in [0.1, 0.15) is 25.3 Å². The summed E-state index contributed by atoms with van der Waals surface area (Å²) in [7, 11) is 0. The molecule has 0 radical (unpaired) electrons. The Morgan fingerprint density at radius 3 is 2.70 bits per heavy atom. The monoisotopic (exact) mass is 264 g/mol. The van der Waals surface area contributed by atoms with Crippen LogP contribution in [0.3, 0.4) is 0 Å². The van der Waals surface area contributed by atoms with Crippen LogP contribution < -0.4 is 0 Å². The summed E-state index contributed by atoms with van der Waals surface area (Å²) in [5, 5.41) is 0. The molecule has 20 heavy (non-hydrogen) atoms. The molecule has 102 valence electrons. The molecule has 0 amide bonds. The van der Waals surface area contributed by atoms with Gasteiger partial charge in [-0.3, -0.25) is 0 Å². The van der Waals surface area contributed by atoms with Crippen molar-refractivity contribution in [2.75, 3.05) is 0 Å². The smallest absolute Gasteiger partial charge is 0.141 e. The highest BCUT2D eigenvalue weighted by Gasteiger charge is 2.11. The van der Waals surface area contributed by atoms with Gasteiger partial charge in [0.25, 0.3) is 0 Å². The zero-order valence-corrected chi connectivity index (χ0v) is 12.1. The lowest BCUT2D eigenvalue weighted by Gasteiger charge is -2.09. The van der Waals surface area contributed by atoms with Crippen molar-refractivity contribution < 1.29 is 0 Å². The molecule has 0 saturated heterocycles. The second-order valence-corrected chi connectivity index (χ2v) is 5.30. The second kappa shape index (κ2) is 5.49. The van der Waals surface area contributed by atoms with Gasteiger partial charge in [-0.05, 0) is 31.5 Å². The minimum absolute atomic E-state index is 1.03. The van der Waals surface area contributed by atoms with Crippen LogP contribution in [-0.2, 0) is 6.54 Å². The van der Waals surface area contributed by atoms with Crippen molar-refractivity contribution in [1.82, 2.24) is 9.55 Å². The molecule has 3 rings (SSSR count). The van der Waals surface area contributed by atoms with Gasteiger partial charge in [0.1, 0.15) is 5.82 Å². The van der Waals surface area contributed by atoms with Crippen LogP contribution in [0.2, 0.25) is 0 Å². The molecule has 0 unspecified atom stereocenters. The molecule has 0 aliphatic heterocycles. The first-order valence-electron chi connectivity index (χ1n) is 7.32. The highest BCUT2D eigenvalue weighted by Crippen LogP contribution is 2.25. The Morgan fingerprint density at radius 2 is 1.90 bits per heavy atom.